The summed E-state index contributed by atoms with van der Waals surface area (Å²) in [7, 11) is 0. The molecule has 0 N–H and O–H groups in total. The van der Waals surface area contributed by atoms with E-state index >= 15 is 0 Å². The van der Waals surface area contributed by atoms with Gasteiger partial charge in [0, 0.05) is 0 Å². The quantitative estimate of drug-likeness (QED) is 0.379. The lowest BCUT2D eigenvalue weighted by Gasteiger charge is -2.28. The van der Waals surface area contributed by atoms with Gasteiger partial charge in [-0.05, 0) is 39.5 Å². The smallest absolute Gasteiger partial charge is 0.188 e. The molecule has 0 atom stereocenters. The normalized spacial score (nSPS) is 24.8. The zero-order valence-corrected chi connectivity index (χ0v) is 11.3. The third-order valence-corrected chi connectivity index (χ3v) is 2.83. The topological polar surface area (TPSA) is 36.9 Å². The van der Waals surface area contributed by atoms with Crippen LogP contribution in [0.5, 0.6) is 0 Å². The summed E-state index contributed by atoms with van der Waals surface area (Å²) in [6.45, 7) is 4.51. The summed E-state index contributed by atoms with van der Waals surface area (Å²) in [5, 5.41) is 0. The Morgan fingerprint density at radius 2 is 1.17 bits per heavy atom. The van der Waals surface area contributed by atoms with Crippen LogP contribution < -0.4 is 0 Å². The van der Waals surface area contributed by atoms with Crippen LogP contribution in [-0.2, 0) is 18.9 Å². The fraction of sp³-hybridized carbons (Fsp3) is 0.714. The molecule has 1 rings (SSSR count). The minimum absolute atomic E-state index is 0.298. The average Bonchev–Trinajstić information content (AvgIpc) is 2.41. The van der Waals surface area contributed by atoms with E-state index in [0.29, 0.717) is 25.8 Å². The second-order valence-corrected chi connectivity index (χ2v) is 4.24. The van der Waals surface area contributed by atoms with Crippen LogP contribution in [0.4, 0.5) is 0 Å². The van der Waals surface area contributed by atoms with Gasteiger partial charge in [0.1, 0.15) is 0 Å². The summed E-state index contributed by atoms with van der Waals surface area (Å²) >= 11 is 0. The Bertz CT molecular complexity index is 216. The highest BCUT2D eigenvalue weighted by molar-refractivity contribution is 4.73. The van der Waals surface area contributed by atoms with Gasteiger partial charge in [-0.1, -0.05) is 12.2 Å². The molecule has 1 saturated carbocycles. The van der Waals surface area contributed by atoms with E-state index in [0.717, 1.165) is 25.7 Å². The molecule has 18 heavy (non-hydrogen) atoms. The number of rotatable bonds is 8. The van der Waals surface area contributed by atoms with Crippen molar-refractivity contribution in [2.45, 2.75) is 51.7 Å². The van der Waals surface area contributed by atoms with Crippen molar-refractivity contribution in [2.75, 3.05) is 13.6 Å². The van der Waals surface area contributed by atoms with Gasteiger partial charge in [0.25, 0.3) is 0 Å². The summed E-state index contributed by atoms with van der Waals surface area (Å²) in [6, 6.07) is 0. The fourth-order valence-corrected chi connectivity index (χ4v) is 1.91. The molecule has 4 heteroatoms. The van der Waals surface area contributed by atoms with Crippen LogP contribution in [0.1, 0.15) is 39.5 Å². The van der Waals surface area contributed by atoms with Crippen molar-refractivity contribution in [3.05, 3.63) is 24.7 Å². The van der Waals surface area contributed by atoms with Crippen LogP contribution in [0.3, 0.4) is 0 Å². The maximum atomic E-state index is 5.60. The van der Waals surface area contributed by atoms with Gasteiger partial charge in [-0.3, -0.25) is 0 Å². The Morgan fingerprint density at radius 1 is 0.778 bits per heavy atom. The van der Waals surface area contributed by atoms with Gasteiger partial charge in [0.05, 0.1) is 24.7 Å². The first-order valence-electron chi connectivity index (χ1n) is 6.55. The Hall–Kier alpha value is -1.00. The Labute approximate surface area is 110 Å². The zero-order valence-electron chi connectivity index (χ0n) is 11.3. The lowest BCUT2D eigenvalue weighted by atomic mass is 9.95. The number of allylic oxidation sites excluding steroid dienone is 2. The summed E-state index contributed by atoms with van der Waals surface area (Å²) < 4.78 is 21.5. The molecule has 0 heterocycles. The lowest BCUT2D eigenvalue weighted by Crippen LogP contribution is -2.27. The van der Waals surface area contributed by atoms with Gasteiger partial charge in [-0.15, -0.1) is 0 Å². The highest BCUT2D eigenvalue weighted by Gasteiger charge is 2.22. The van der Waals surface area contributed by atoms with Gasteiger partial charge in [0.2, 0.25) is 0 Å². The molecule has 0 aromatic rings. The van der Waals surface area contributed by atoms with E-state index < -0.39 is 0 Å². The molecule has 1 fully saturated rings. The third kappa shape index (κ3) is 6.67. The lowest BCUT2D eigenvalue weighted by molar-refractivity contribution is -0.108. The molecule has 0 aliphatic heterocycles. The van der Waals surface area contributed by atoms with E-state index in [9.17, 15) is 0 Å². The minimum atomic E-state index is 0.298. The number of hydrogen-bond acceptors (Lipinski definition) is 4. The molecule has 0 amide bonds. The van der Waals surface area contributed by atoms with Gasteiger partial charge < -0.3 is 18.9 Å². The molecule has 4 nitrogen and oxygen atoms in total. The second-order valence-electron chi connectivity index (χ2n) is 4.24. The van der Waals surface area contributed by atoms with Crippen LogP contribution in [0, 0.1) is 0 Å². The molecular weight excluding hydrogens is 232 g/mol. The average molecular weight is 256 g/mol. The molecule has 0 unspecified atom stereocenters. The first-order chi connectivity index (χ1) is 8.86. The van der Waals surface area contributed by atoms with E-state index in [4.69, 9.17) is 18.9 Å². The van der Waals surface area contributed by atoms with E-state index in [1.54, 1.807) is 12.5 Å². The molecular formula is C14H24O4. The maximum Gasteiger partial charge on any atom is 0.188 e. The van der Waals surface area contributed by atoms with Gasteiger partial charge in [-0.25, -0.2) is 0 Å². The van der Waals surface area contributed by atoms with Crippen molar-refractivity contribution in [1.29, 1.82) is 0 Å². The zero-order chi connectivity index (χ0) is 13.1. The maximum absolute atomic E-state index is 5.60. The molecule has 0 saturated heterocycles. The minimum Gasteiger partial charge on any atom is -0.475 e. The largest absolute Gasteiger partial charge is 0.475 e. The van der Waals surface area contributed by atoms with Gasteiger partial charge in [-0.2, -0.15) is 0 Å². The number of ether oxygens (including phenoxy) is 4. The molecule has 1 aliphatic carbocycles. The molecule has 0 spiro atoms. The first-order valence-corrected chi connectivity index (χ1v) is 6.55. The first kappa shape index (κ1) is 15.1. The Morgan fingerprint density at radius 3 is 1.50 bits per heavy atom. The molecule has 0 aromatic heterocycles. The molecule has 0 radical (unpaired) electrons. The van der Waals surface area contributed by atoms with Crippen LogP contribution in [-0.4, -0.2) is 25.8 Å². The summed E-state index contributed by atoms with van der Waals surface area (Å²) in [4.78, 5) is 0. The predicted molar refractivity (Wildman–Crippen MR) is 69.7 cm³/mol. The van der Waals surface area contributed by atoms with Gasteiger partial charge >= 0.3 is 0 Å². The predicted octanol–water partition coefficient (Wildman–Crippen LogP) is 3.35. The summed E-state index contributed by atoms with van der Waals surface area (Å²) in [6.07, 6.45) is 11.7. The van der Waals surface area contributed by atoms with E-state index in [1.165, 1.54) is 0 Å². The van der Waals surface area contributed by atoms with Crippen LogP contribution in [0.15, 0.2) is 24.7 Å². The van der Waals surface area contributed by atoms with E-state index in [-0.39, 0.29) is 0 Å². The highest BCUT2D eigenvalue weighted by Crippen LogP contribution is 2.23. The molecule has 104 valence electrons. The highest BCUT2D eigenvalue weighted by atomic mass is 16.7. The van der Waals surface area contributed by atoms with Crippen molar-refractivity contribution in [1.82, 2.24) is 0 Å². The third-order valence-electron chi connectivity index (χ3n) is 2.83. The van der Waals surface area contributed by atoms with Crippen LogP contribution >= 0.6 is 0 Å². The molecule has 1 aliphatic rings. The van der Waals surface area contributed by atoms with Crippen LogP contribution in [0.25, 0.3) is 0 Å². The molecule has 0 aromatic carbocycles. The van der Waals surface area contributed by atoms with Crippen molar-refractivity contribution >= 4 is 0 Å². The van der Waals surface area contributed by atoms with Crippen molar-refractivity contribution in [3.8, 4) is 0 Å². The van der Waals surface area contributed by atoms with Crippen molar-refractivity contribution in [2.24, 2.45) is 0 Å². The van der Waals surface area contributed by atoms with Gasteiger partial charge in [0.15, 0.2) is 13.6 Å². The SMILES string of the molecule is C/C=C\OCOC1CCC(OCO/C=C\C)CC1. The van der Waals surface area contributed by atoms with E-state index in [2.05, 4.69) is 0 Å². The Kier molecular flexibility index (Phi) is 8.34. The monoisotopic (exact) mass is 256 g/mol. The standard InChI is InChI=1S/C14H24O4/c1-3-9-15-11-17-13-5-7-14(8-6-13)18-12-16-10-4-2/h3-4,9-10,13-14H,5-8,11-12H2,1-2H3/b9-3-,10-4-. The van der Waals surface area contributed by atoms with Crippen molar-refractivity contribution in [3.63, 3.8) is 0 Å². The number of hydrogen-bond donors (Lipinski definition) is 0. The van der Waals surface area contributed by atoms with Crippen molar-refractivity contribution < 1.29 is 18.9 Å². The fourth-order valence-electron chi connectivity index (χ4n) is 1.91. The van der Waals surface area contributed by atoms with E-state index in [1.807, 2.05) is 26.0 Å². The summed E-state index contributed by atoms with van der Waals surface area (Å²) in [5.41, 5.74) is 0. The molecule has 0 bridgehead atoms. The Balaban J connectivity index is 2.02. The summed E-state index contributed by atoms with van der Waals surface area (Å²) in [5.74, 6) is 0. The second kappa shape index (κ2) is 9.97. The van der Waals surface area contributed by atoms with Crippen LogP contribution in [0.2, 0.25) is 0 Å².